The molecule has 25 heavy (non-hydrogen) atoms. The van der Waals surface area contributed by atoms with E-state index in [-0.39, 0.29) is 11.3 Å². The van der Waals surface area contributed by atoms with Crippen molar-refractivity contribution in [2.75, 3.05) is 5.75 Å². The highest BCUT2D eigenvalue weighted by atomic mass is 32.2. The predicted octanol–water partition coefficient (Wildman–Crippen LogP) is 1.72. The minimum Gasteiger partial charge on any atom is -0.480 e. The number of aromatic nitrogens is 2. The lowest BCUT2D eigenvalue weighted by Crippen LogP contribution is -2.17. The van der Waals surface area contributed by atoms with Crippen LogP contribution in [0.1, 0.15) is 5.69 Å². The summed E-state index contributed by atoms with van der Waals surface area (Å²) in [7, 11) is -3.82. The van der Waals surface area contributed by atoms with Gasteiger partial charge in [-0.2, -0.15) is 4.98 Å². The highest BCUT2D eigenvalue weighted by Crippen LogP contribution is 2.24. The fourth-order valence-electron chi connectivity index (χ4n) is 2.26. The van der Waals surface area contributed by atoms with E-state index in [2.05, 4.69) is 9.97 Å². The normalized spacial score (nSPS) is 11.5. The van der Waals surface area contributed by atoms with Gasteiger partial charge in [-0.05, 0) is 24.3 Å². The van der Waals surface area contributed by atoms with Crippen LogP contribution in [-0.4, -0.2) is 35.2 Å². The molecule has 2 aromatic heterocycles. The average Bonchev–Trinajstić information content (AvgIpc) is 2.53. The van der Waals surface area contributed by atoms with Gasteiger partial charge in [-0.25, -0.2) is 13.4 Å². The van der Waals surface area contributed by atoms with E-state index in [0.29, 0.717) is 16.1 Å². The zero-order chi connectivity index (χ0) is 18.0. The Balaban J connectivity index is 2.00. The van der Waals surface area contributed by atoms with Crippen LogP contribution in [0, 0.1) is 0 Å². The molecule has 0 spiro atoms. The van der Waals surface area contributed by atoms with Gasteiger partial charge in [0.2, 0.25) is 0 Å². The Morgan fingerprint density at radius 3 is 2.60 bits per heavy atom. The Kier molecular flexibility index (Phi) is 4.60. The van der Waals surface area contributed by atoms with Crippen molar-refractivity contribution in [3.8, 4) is 10.7 Å². The molecule has 0 saturated heterocycles. The van der Waals surface area contributed by atoms with E-state index in [0.717, 1.165) is 4.70 Å². The van der Waals surface area contributed by atoms with E-state index < -0.39 is 27.3 Å². The number of benzene rings is 1. The number of carbonyl (C=O) groups is 1. The number of pyridine rings is 1. The van der Waals surface area contributed by atoms with Gasteiger partial charge in [0.25, 0.3) is 5.56 Å². The highest BCUT2D eigenvalue weighted by Gasteiger charge is 2.18. The number of carboxylic acids is 1. The molecule has 0 atom stereocenters. The van der Waals surface area contributed by atoms with Crippen LogP contribution >= 0.6 is 11.3 Å². The molecule has 0 aliphatic carbocycles. The van der Waals surface area contributed by atoms with Gasteiger partial charge in [0.1, 0.15) is 10.8 Å². The molecule has 0 radical (unpaired) electrons. The van der Waals surface area contributed by atoms with Gasteiger partial charge in [-0.15, -0.1) is 11.3 Å². The summed E-state index contributed by atoms with van der Waals surface area (Å²) < 4.78 is 24.4. The molecule has 0 aliphatic heterocycles. The molecule has 7 nitrogen and oxygen atoms in total. The van der Waals surface area contributed by atoms with Gasteiger partial charge in [0.15, 0.2) is 9.84 Å². The van der Waals surface area contributed by atoms with Crippen LogP contribution < -0.4 is 5.56 Å². The van der Waals surface area contributed by atoms with Gasteiger partial charge in [-0.1, -0.05) is 18.2 Å². The Morgan fingerprint density at radius 1 is 1.08 bits per heavy atom. The molecule has 0 fully saturated rings. The minimum atomic E-state index is -3.82. The number of hydrogen-bond acceptors (Lipinski definition) is 7. The smallest absolute Gasteiger partial charge is 0.318 e. The van der Waals surface area contributed by atoms with Crippen LogP contribution in [0.25, 0.3) is 20.8 Å². The van der Waals surface area contributed by atoms with Gasteiger partial charge in [0.05, 0.1) is 22.5 Å². The van der Waals surface area contributed by atoms with Crippen LogP contribution in [0.2, 0.25) is 0 Å². The molecule has 1 N–H and O–H groups in total. The maximum Gasteiger partial charge on any atom is 0.318 e. The second-order valence-electron chi connectivity index (χ2n) is 5.26. The second-order valence-corrected chi connectivity index (χ2v) is 8.36. The van der Waals surface area contributed by atoms with E-state index in [4.69, 9.17) is 5.11 Å². The van der Waals surface area contributed by atoms with Crippen molar-refractivity contribution in [3.63, 3.8) is 0 Å². The maximum absolute atomic E-state index is 12.1. The zero-order valence-corrected chi connectivity index (χ0v) is 14.4. The zero-order valence-electron chi connectivity index (χ0n) is 12.7. The summed E-state index contributed by atoms with van der Waals surface area (Å²) in [5, 5.41) is 9.53. The molecule has 0 unspecified atom stereocenters. The van der Waals surface area contributed by atoms with Crippen molar-refractivity contribution < 1.29 is 18.3 Å². The van der Waals surface area contributed by atoms with Crippen molar-refractivity contribution in [1.29, 1.82) is 0 Å². The molecule has 0 saturated carbocycles. The number of rotatable bonds is 5. The Morgan fingerprint density at radius 2 is 1.84 bits per heavy atom. The number of carboxylic acid groups (broad SMARTS) is 1. The largest absolute Gasteiger partial charge is 0.480 e. The quantitative estimate of drug-likeness (QED) is 0.721. The molecule has 1 aromatic carbocycles. The van der Waals surface area contributed by atoms with E-state index in [1.54, 1.807) is 30.3 Å². The van der Waals surface area contributed by atoms with Crippen LogP contribution in [0.5, 0.6) is 0 Å². The van der Waals surface area contributed by atoms with Crippen molar-refractivity contribution in [2.24, 2.45) is 0 Å². The Bertz CT molecular complexity index is 1120. The summed E-state index contributed by atoms with van der Waals surface area (Å²) in [5.41, 5.74) is 0.194. The summed E-state index contributed by atoms with van der Waals surface area (Å²) >= 11 is 1.27. The lowest BCUT2D eigenvalue weighted by Gasteiger charge is -2.05. The summed E-state index contributed by atoms with van der Waals surface area (Å²) in [6.45, 7) is 0. The third-order valence-corrected chi connectivity index (χ3v) is 5.76. The lowest BCUT2D eigenvalue weighted by molar-refractivity contribution is -0.134. The fourth-order valence-corrected chi connectivity index (χ4v) is 4.32. The highest BCUT2D eigenvalue weighted by molar-refractivity contribution is 7.91. The average molecular weight is 376 g/mol. The van der Waals surface area contributed by atoms with Crippen molar-refractivity contribution in [1.82, 2.24) is 9.97 Å². The second kappa shape index (κ2) is 6.69. The molecular weight excluding hydrogens is 364 g/mol. The predicted molar refractivity (Wildman–Crippen MR) is 94.2 cm³/mol. The monoisotopic (exact) mass is 376 g/mol. The first-order chi connectivity index (χ1) is 11.8. The number of nitrogens with zero attached hydrogens (tertiary/aromatic N) is 2. The van der Waals surface area contributed by atoms with Gasteiger partial charge in [-0.3, -0.25) is 9.59 Å². The molecule has 0 aliphatic rings. The van der Waals surface area contributed by atoms with E-state index in [1.807, 2.05) is 6.07 Å². The maximum atomic E-state index is 12.1. The molecule has 3 aromatic rings. The van der Waals surface area contributed by atoms with E-state index in [9.17, 15) is 18.0 Å². The molecule has 9 heteroatoms. The number of aliphatic carboxylic acids is 1. The third-order valence-electron chi connectivity index (χ3n) is 3.26. The first kappa shape index (κ1) is 17.2. The molecular formula is C16H12N2O5S2. The molecule has 2 heterocycles. The summed E-state index contributed by atoms with van der Waals surface area (Å²) in [6, 6.07) is 11.8. The Labute approximate surface area is 146 Å². The Hall–Kier alpha value is -2.65. The van der Waals surface area contributed by atoms with Gasteiger partial charge in [0, 0.05) is 4.70 Å². The topological polar surface area (TPSA) is 114 Å². The number of fused-ring (bicyclic) bond motifs is 1. The summed E-state index contributed by atoms with van der Waals surface area (Å²) in [5.74, 6) is -2.86. The molecule has 3 rings (SSSR count). The van der Waals surface area contributed by atoms with Crippen LogP contribution in [0.15, 0.2) is 47.3 Å². The van der Waals surface area contributed by atoms with E-state index in [1.165, 1.54) is 17.4 Å². The van der Waals surface area contributed by atoms with Crippen LogP contribution in [0.3, 0.4) is 0 Å². The number of hydrogen-bond donors (Lipinski definition) is 1. The standard InChI is InChI=1S/C16H12N2O5S2/c19-14(20)9-25(22,23)8-10-4-3-6-12(17-10)16-18-15(21)11-5-1-2-7-13(11)24-16/h1-7H,8-9H2,(H,19,20). The van der Waals surface area contributed by atoms with Gasteiger partial charge < -0.3 is 5.11 Å². The summed E-state index contributed by atoms with van der Waals surface area (Å²) in [6.07, 6.45) is 0. The van der Waals surface area contributed by atoms with E-state index >= 15 is 0 Å². The summed E-state index contributed by atoms with van der Waals surface area (Å²) in [4.78, 5) is 31.0. The molecule has 0 amide bonds. The van der Waals surface area contributed by atoms with Crippen LogP contribution in [0.4, 0.5) is 0 Å². The first-order valence-electron chi connectivity index (χ1n) is 7.12. The minimum absolute atomic E-state index is 0.202. The fraction of sp³-hybridized carbons (Fsp3) is 0.125. The van der Waals surface area contributed by atoms with Crippen molar-refractivity contribution >= 4 is 37.2 Å². The van der Waals surface area contributed by atoms with Gasteiger partial charge >= 0.3 is 5.97 Å². The lowest BCUT2D eigenvalue weighted by atomic mass is 10.3. The van der Waals surface area contributed by atoms with Crippen molar-refractivity contribution in [3.05, 3.63) is 58.5 Å². The first-order valence-corrected chi connectivity index (χ1v) is 9.76. The molecule has 0 bridgehead atoms. The number of sulfone groups is 1. The SMILES string of the molecule is O=C(O)CS(=O)(=O)Cc1cccc(-c2nc(=O)c3ccccc3s2)n1. The molecule has 128 valence electrons. The van der Waals surface area contributed by atoms with Crippen molar-refractivity contribution in [2.45, 2.75) is 5.75 Å². The van der Waals surface area contributed by atoms with Crippen LogP contribution in [-0.2, 0) is 20.4 Å². The third kappa shape index (κ3) is 4.06.